The number of anilines is 1. The van der Waals surface area contributed by atoms with E-state index >= 15 is 0 Å². The second-order valence-electron chi connectivity index (χ2n) is 8.22. The molecule has 0 unspecified atom stereocenters. The number of methoxy groups -OCH3 is 1. The maximum Gasteiger partial charge on any atom is 0.122 e. The van der Waals surface area contributed by atoms with Gasteiger partial charge in [-0.3, -0.25) is 0 Å². The highest BCUT2D eigenvalue weighted by Crippen LogP contribution is 2.32. The Kier molecular flexibility index (Phi) is 13.6. The third kappa shape index (κ3) is 10.8. The van der Waals surface area contributed by atoms with Crippen LogP contribution in [0.25, 0.3) is 11.1 Å². The quantitative estimate of drug-likeness (QED) is 0.301. The van der Waals surface area contributed by atoms with E-state index < -0.39 is 0 Å². The maximum absolute atomic E-state index is 6.00. The van der Waals surface area contributed by atoms with Crippen molar-refractivity contribution >= 4 is 5.69 Å². The average molecular weight is 476 g/mol. The number of nitrogens with zero attached hydrogens (tertiary/aromatic N) is 1. The van der Waals surface area contributed by atoms with Crippen LogP contribution in [0.5, 0.6) is 5.75 Å². The standard InChI is InChI=1S/C27H41NO6/c1-22-6-7-23(2)27(18-22)24-19-25(28(3)4)21-26(20-24)34-17-16-33-15-14-32-13-12-31-11-10-30-9-8-29-5/h6-7,18-21H,8-17H2,1-5H3. The number of rotatable bonds is 18. The van der Waals surface area contributed by atoms with Crippen LogP contribution >= 0.6 is 0 Å². The molecule has 0 saturated carbocycles. The van der Waals surface area contributed by atoms with Crippen molar-refractivity contribution in [1.82, 2.24) is 0 Å². The second-order valence-corrected chi connectivity index (χ2v) is 8.22. The fourth-order valence-corrected chi connectivity index (χ4v) is 3.25. The van der Waals surface area contributed by atoms with Crippen LogP contribution in [0.2, 0.25) is 0 Å². The summed E-state index contributed by atoms with van der Waals surface area (Å²) in [4.78, 5) is 2.09. The summed E-state index contributed by atoms with van der Waals surface area (Å²) in [6.45, 7) is 9.68. The number of ether oxygens (including phenoxy) is 6. The van der Waals surface area contributed by atoms with Crippen molar-refractivity contribution < 1.29 is 28.4 Å². The molecule has 0 amide bonds. The van der Waals surface area contributed by atoms with E-state index in [1.165, 1.54) is 16.7 Å². The highest BCUT2D eigenvalue weighted by molar-refractivity contribution is 5.73. The average Bonchev–Trinajstić information content (AvgIpc) is 2.83. The van der Waals surface area contributed by atoms with E-state index in [0.29, 0.717) is 66.1 Å². The normalized spacial score (nSPS) is 11.1. The Labute approximate surface area is 204 Å². The Hall–Kier alpha value is -2.16. The van der Waals surface area contributed by atoms with Gasteiger partial charge in [-0.25, -0.2) is 0 Å². The first-order chi connectivity index (χ1) is 16.5. The van der Waals surface area contributed by atoms with Crippen LogP contribution in [0.1, 0.15) is 11.1 Å². The minimum absolute atomic E-state index is 0.481. The number of aryl methyl sites for hydroxylation is 2. The molecular weight excluding hydrogens is 434 g/mol. The van der Waals surface area contributed by atoms with E-state index in [9.17, 15) is 0 Å². The molecule has 2 rings (SSSR count). The van der Waals surface area contributed by atoms with Gasteiger partial charge in [0.1, 0.15) is 12.4 Å². The van der Waals surface area contributed by atoms with Gasteiger partial charge < -0.3 is 33.3 Å². The second kappa shape index (κ2) is 16.5. The van der Waals surface area contributed by atoms with Gasteiger partial charge in [0.05, 0.1) is 59.5 Å². The first-order valence-corrected chi connectivity index (χ1v) is 11.8. The predicted octanol–water partition coefficient (Wildman–Crippen LogP) is 4.13. The molecule has 0 spiro atoms. The Bertz CT molecular complexity index is 827. The van der Waals surface area contributed by atoms with Crippen LogP contribution in [0.3, 0.4) is 0 Å². The van der Waals surface area contributed by atoms with Crippen LogP contribution in [-0.4, -0.2) is 87.3 Å². The van der Waals surface area contributed by atoms with Crippen LogP contribution < -0.4 is 9.64 Å². The topological polar surface area (TPSA) is 58.6 Å². The SMILES string of the molecule is COCCOCCOCCOCCOCCOc1cc(-c2cc(C)ccc2C)cc(N(C)C)c1. The number of hydrogen-bond donors (Lipinski definition) is 0. The molecule has 0 aliphatic carbocycles. The molecule has 0 aliphatic rings. The minimum Gasteiger partial charge on any atom is -0.491 e. The maximum atomic E-state index is 6.00. The third-order valence-corrected chi connectivity index (χ3v) is 5.16. The summed E-state index contributed by atoms with van der Waals surface area (Å²) in [5.41, 5.74) is 5.97. The molecule has 0 aromatic heterocycles. The molecule has 0 N–H and O–H groups in total. The van der Waals surface area contributed by atoms with Crippen molar-refractivity contribution in [2.24, 2.45) is 0 Å². The van der Waals surface area contributed by atoms with E-state index in [4.69, 9.17) is 28.4 Å². The summed E-state index contributed by atoms with van der Waals surface area (Å²) in [6, 6.07) is 12.9. The van der Waals surface area contributed by atoms with Crippen molar-refractivity contribution in [1.29, 1.82) is 0 Å². The van der Waals surface area contributed by atoms with Crippen molar-refractivity contribution in [3.63, 3.8) is 0 Å². The van der Waals surface area contributed by atoms with Gasteiger partial charge in [0, 0.05) is 33.0 Å². The first-order valence-electron chi connectivity index (χ1n) is 11.8. The Morgan fingerprint density at radius 1 is 0.647 bits per heavy atom. The van der Waals surface area contributed by atoms with E-state index in [1.54, 1.807) is 7.11 Å². The fraction of sp³-hybridized carbons (Fsp3) is 0.556. The summed E-state index contributed by atoms with van der Waals surface area (Å²) < 4.78 is 32.8. The number of hydrogen-bond acceptors (Lipinski definition) is 7. The van der Waals surface area contributed by atoms with Crippen molar-refractivity contribution in [3.05, 3.63) is 47.5 Å². The van der Waals surface area contributed by atoms with Gasteiger partial charge in [-0.2, -0.15) is 0 Å². The predicted molar refractivity (Wildman–Crippen MR) is 136 cm³/mol. The zero-order valence-corrected chi connectivity index (χ0v) is 21.4. The van der Waals surface area contributed by atoms with Crippen LogP contribution in [0.15, 0.2) is 36.4 Å². The van der Waals surface area contributed by atoms with E-state index in [2.05, 4.69) is 55.1 Å². The molecule has 0 bridgehead atoms. The summed E-state index contributed by atoms with van der Waals surface area (Å²) in [5.74, 6) is 0.838. The zero-order chi connectivity index (χ0) is 24.6. The highest BCUT2D eigenvalue weighted by Gasteiger charge is 2.08. The molecule has 7 heteroatoms. The van der Waals surface area contributed by atoms with Crippen LogP contribution in [0.4, 0.5) is 5.69 Å². The van der Waals surface area contributed by atoms with Gasteiger partial charge in [0.25, 0.3) is 0 Å². The molecule has 34 heavy (non-hydrogen) atoms. The van der Waals surface area contributed by atoms with E-state index in [0.717, 1.165) is 17.0 Å². The van der Waals surface area contributed by atoms with Crippen LogP contribution in [-0.2, 0) is 23.7 Å². The summed E-state index contributed by atoms with van der Waals surface area (Å²) in [5, 5.41) is 0. The molecule has 7 nitrogen and oxygen atoms in total. The minimum atomic E-state index is 0.481. The van der Waals surface area contributed by atoms with Crippen LogP contribution in [0, 0.1) is 13.8 Å². The van der Waals surface area contributed by atoms with E-state index in [1.807, 2.05) is 14.1 Å². The molecule has 0 atom stereocenters. The third-order valence-electron chi connectivity index (χ3n) is 5.16. The molecule has 0 aliphatic heterocycles. The lowest BCUT2D eigenvalue weighted by Gasteiger charge is -2.18. The molecule has 0 saturated heterocycles. The van der Waals surface area contributed by atoms with Gasteiger partial charge in [0.2, 0.25) is 0 Å². The van der Waals surface area contributed by atoms with Gasteiger partial charge in [-0.15, -0.1) is 0 Å². The molecule has 0 heterocycles. The zero-order valence-electron chi connectivity index (χ0n) is 21.4. The highest BCUT2D eigenvalue weighted by atomic mass is 16.6. The molecule has 0 fully saturated rings. The summed E-state index contributed by atoms with van der Waals surface area (Å²) in [6.07, 6.45) is 0. The van der Waals surface area contributed by atoms with Gasteiger partial charge in [0.15, 0.2) is 0 Å². The van der Waals surface area contributed by atoms with Crippen molar-refractivity contribution in [2.75, 3.05) is 92.2 Å². The van der Waals surface area contributed by atoms with Gasteiger partial charge in [-0.05, 0) is 42.7 Å². The lowest BCUT2D eigenvalue weighted by Crippen LogP contribution is -2.14. The van der Waals surface area contributed by atoms with Crippen molar-refractivity contribution in [2.45, 2.75) is 13.8 Å². The van der Waals surface area contributed by atoms with Crippen molar-refractivity contribution in [3.8, 4) is 16.9 Å². The van der Waals surface area contributed by atoms with E-state index in [-0.39, 0.29) is 0 Å². The molecule has 2 aromatic rings. The lowest BCUT2D eigenvalue weighted by atomic mass is 9.97. The largest absolute Gasteiger partial charge is 0.491 e. The molecule has 190 valence electrons. The van der Waals surface area contributed by atoms with Gasteiger partial charge in [-0.1, -0.05) is 23.8 Å². The fourth-order valence-electron chi connectivity index (χ4n) is 3.25. The first kappa shape index (κ1) is 28.1. The summed E-state index contributed by atoms with van der Waals surface area (Å²) in [7, 11) is 5.73. The molecule has 0 radical (unpaired) electrons. The monoisotopic (exact) mass is 475 g/mol. The lowest BCUT2D eigenvalue weighted by molar-refractivity contribution is -0.00978. The smallest absolute Gasteiger partial charge is 0.122 e. The Balaban J connectivity index is 1.64. The Morgan fingerprint density at radius 2 is 1.21 bits per heavy atom. The number of benzene rings is 2. The Morgan fingerprint density at radius 3 is 1.76 bits per heavy atom. The molecule has 2 aromatic carbocycles. The van der Waals surface area contributed by atoms with Gasteiger partial charge >= 0.3 is 0 Å². The summed E-state index contributed by atoms with van der Waals surface area (Å²) >= 11 is 0. The molecular formula is C27H41NO6.